The normalized spacial score (nSPS) is 11.9. The largest absolute Gasteiger partial charge is 0.433 e. The Morgan fingerprint density at radius 1 is 0.893 bits per heavy atom. The molecule has 0 fully saturated rings. The van der Waals surface area contributed by atoms with Crippen molar-refractivity contribution in [3.8, 4) is 22.5 Å². The van der Waals surface area contributed by atoms with Crippen molar-refractivity contribution < 1.29 is 13.2 Å². The molecular formula is C20H12Br2F3N3. The lowest BCUT2D eigenvalue weighted by Gasteiger charge is -2.11. The van der Waals surface area contributed by atoms with Gasteiger partial charge in [-0.25, -0.2) is 9.50 Å². The molecule has 142 valence electrons. The van der Waals surface area contributed by atoms with E-state index in [1.807, 2.05) is 31.2 Å². The summed E-state index contributed by atoms with van der Waals surface area (Å²) in [6, 6.07) is 15.4. The van der Waals surface area contributed by atoms with E-state index >= 15 is 0 Å². The smallest absolute Gasteiger partial charge is 0.227 e. The first-order valence-corrected chi connectivity index (χ1v) is 9.82. The minimum Gasteiger partial charge on any atom is -0.227 e. The van der Waals surface area contributed by atoms with Crippen LogP contribution in [-0.4, -0.2) is 14.6 Å². The molecule has 4 aromatic rings. The maximum absolute atomic E-state index is 13.8. The third-order valence-corrected chi connectivity index (χ3v) is 5.55. The Bertz CT molecular complexity index is 1160. The van der Waals surface area contributed by atoms with Crippen LogP contribution in [0.25, 0.3) is 28.2 Å². The zero-order valence-corrected chi connectivity index (χ0v) is 17.6. The molecule has 0 radical (unpaired) electrons. The summed E-state index contributed by atoms with van der Waals surface area (Å²) in [5, 5.41) is 4.21. The van der Waals surface area contributed by atoms with E-state index in [0.717, 1.165) is 20.6 Å². The molecule has 0 aliphatic carbocycles. The lowest BCUT2D eigenvalue weighted by molar-refractivity contribution is -0.142. The second-order valence-electron chi connectivity index (χ2n) is 6.30. The van der Waals surface area contributed by atoms with Crippen LogP contribution in [0, 0.1) is 6.92 Å². The molecule has 0 amide bonds. The molecule has 0 aliphatic rings. The van der Waals surface area contributed by atoms with Crippen molar-refractivity contribution in [2.24, 2.45) is 0 Å². The van der Waals surface area contributed by atoms with E-state index in [1.165, 1.54) is 0 Å². The Morgan fingerprint density at radius 2 is 1.50 bits per heavy atom. The van der Waals surface area contributed by atoms with E-state index in [4.69, 9.17) is 0 Å². The minimum atomic E-state index is -4.58. The van der Waals surface area contributed by atoms with E-state index < -0.39 is 11.9 Å². The second-order valence-corrected chi connectivity index (χ2v) is 8.00. The van der Waals surface area contributed by atoms with E-state index in [0.29, 0.717) is 21.3 Å². The minimum absolute atomic E-state index is 0.114. The fourth-order valence-electron chi connectivity index (χ4n) is 2.86. The molecule has 0 saturated heterocycles. The molecular weight excluding hydrogens is 499 g/mol. The van der Waals surface area contributed by atoms with Crippen molar-refractivity contribution in [2.45, 2.75) is 13.1 Å². The van der Waals surface area contributed by atoms with Gasteiger partial charge in [-0.3, -0.25) is 0 Å². The van der Waals surface area contributed by atoms with Crippen molar-refractivity contribution in [1.82, 2.24) is 14.6 Å². The number of benzene rings is 2. The molecule has 0 atom stereocenters. The van der Waals surface area contributed by atoms with Crippen LogP contribution < -0.4 is 0 Å². The first-order chi connectivity index (χ1) is 13.2. The molecule has 4 rings (SSSR count). The van der Waals surface area contributed by atoms with Gasteiger partial charge < -0.3 is 0 Å². The predicted molar refractivity (Wildman–Crippen MR) is 109 cm³/mol. The lowest BCUT2D eigenvalue weighted by atomic mass is 10.1. The monoisotopic (exact) mass is 509 g/mol. The van der Waals surface area contributed by atoms with Crippen LogP contribution in [0.3, 0.4) is 0 Å². The van der Waals surface area contributed by atoms with Crippen molar-refractivity contribution in [3.05, 3.63) is 74.8 Å². The maximum atomic E-state index is 13.8. The first-order valence-electron chi connectivity index (χ1n) is 8.23. The van der Waals surface area contributed by atoms with Crippen LogP contribution in [0.5, 0.6) is 0 Å². The van der Waals surface area contributed by atoms with Crippen LogP contribution in [-0.2, 0) is 6.18 Å². The fourth-order valence-corrected chi connectivity index (χ4v) is 3.69. The molecule has 0 unspecified atom stereocenters. The molecule has 0 bridgehead atoms. The summed E-state index contributed by atoms with van der Waals surface area (Å²) in [5.74, 6) is 0. The van der Waals surface area contributed by atoms with Crippen LogP contribution >= 0.6 is 31.9 Å². The zero-order chi connectivity index (χ0) is 20.1. The highest BCUT2D eigenvalue weighted by atomic mass is 79.9. The highest BCUT2D eigenvalue weighted by molar-refractivity contribution is 9.11. The van der Waals surface area contributed by atoms with Crippen molar-refractivity contribution >= 4 is 37.5 Å². The predicted octanol–water partition coefficient (Wildman–Crippen LogP) is 6.92. The Morgan fingerprint density at radius 3 is 2.11 bits per heavy atom. The quantitative estimate of drug-likeness (QED) is 0.293. The summed E-state index contributed by atoms with van der Waals surface area (Å²) in [6.45, 7) is 1.94. The summed E-state index contributed by atoms with van der Waals surface area (Å²) < 4.78 is 43.4. The molecule has 2 heterocycles. The van der Waals surface area contributed by atoms with Crippen molar-refractivity contribution in [1.29, 1.82) is 0 Å². The summed E-state index contributed by atoms with van der Waals surface area (Å²) in [6.07, 6.45) is -4.58. The standard InChI is InChI=1S/C20H12Br2F3N3/c1-11-2-4-13(5-3-11)18-17(22)19-26-15(12-6-8-14(21)9-7-12)10-16(20(23,24)25)28(19)27-18/h2-10H,1H3. The van der Waals surface area contributed by atoms with Crippen molar-refractivity contribution in [3.63, 3.8) is 0 Å². The Labute approximate surface area is 175 Å². The average Bonchev–Trinajstić information content (AvgIpc) is 2.98. The van der Waals surface area contributed by atoms with Gasteiger partial charge in [0, 0.05) is 15.6 Å². The summed E-state index contributed by atoms with van der Waals surface area (Å²) >= 11 is 6.73. The Kier molecular flexibility index (Phi) is 4.79. The van der Waals surface area contributed by atoms with Crippen LogP contribution in [0.1, 0.15) is 11.3 Å². The number of halogens is 5. The van der Waals surface area contributed by atoms with Crippen LogP contribution in [0.2, 0.25) is 0 Å². The number of fused-ring (bicyclic) bond motifs is 1. The molecule has 0 spiro atoms. The van der Waals surface area contributed by atoms with Gasteiger partial charge in [-0.1, -0.05) is 57.9 Å². The summed E-state index contributed by atoms with van der Waals surface area (Å²) in [7, 11) is 0. The second kappa shape index (κ2) is 7.00. The van der Waals surface area contributed by atoms with Gasteiger partial charge in [0.15, 0.2) is 11.3 Å². The third kappa shape index (κ3) is 3.46. The summed E-state index contributed by atoms with van der Waals surface area (Å²) in [4.78, 5) is 4.45. The number of alkyl halides is 3. The van der Waals surface area contributed by atoms with E-state index in [9.17, 15) is 13.2 Å². The maximum Gasteiger partial charge on any atom is 0.433 e. The van der Waals surface area contributed by atoms with Gasteiger partial charge in [0.1, 0.15) is 5.69 Å². The van der Waals surface area contributed by atoms with Crippen LogP contribution in [0.4, 0.5) is 13.2 Å². The fraction of sp³-hybridized carbons (Fsp3) is 0.100. The van der Waals surface area contributed by atoms with Gasteiger partial charge in [-0.05, 0) is 41.1 Å². The van der Waals surface area contributed by atoms with Gasteiger partial charge in [-0.15, -0.1) is 0 Å². The van der Waals surface area contributed by atoms with Gasteiger partial charge in [0.25, 0.3) is 0 Å². The van der Waals surface area contributed by atoms with E-state index in [-0.39, 0.29) is 11.3 Å². The number of hydrogen-bond acceptors (Lipinski definition) is 2. The molecule has 0 aliphatic heterocycles. The number of nitrogens with zero attached hydrogens (tertiary/aromatic N) is 3. The highest BCUT2D eigenvalue weighted by Gasteiger charge is 2.36. The van der Waals surface area contributed by atoms with Gasteiger partial charge in [-0.2, -0.15) is 18.3 Å². The lowest BCUT2D eigenvalue weighted by Crippen LogP contribution is -2.13. The average molecular weight is 511 g/mol. The topological polar surface area (TPSA) is 30.2 Å². The van der Waals surface area contributed by atoms with Gasteiger partial charge >= 0.3 is 6.18 Å². The molecule has 0 saturated carbocycles. The number of hydrogen-bond donors (Lipinski definition) is 0. The van der Waals surface area contributed by atoms with E-state index in [1.54, 1.807) is 24.3 Å². The molecule has 2 aromatic heterocycles. The van der Waals surface area contributed by atoms with Gasteiger partial charge in [0.05, 0.1) is 10.2 Å². The third-order valence-electron chi connectivity index (χ3n) is 4.29. The highest BCUT2D eigenvalue weighted by Crippen LogP contribution is 2.37. The summed E-state index contributed by atoms with van der Waals surface area (Å²) in [5.41, 5.74) is 2.21. The molecule has 0 N–H and O–H groups in total. The number of aryl methyl sites for hydroxylation is 1. The first kappa shape index (κ1) is 19.1. The molecule has 8 heteroatoms. The number of aromatic nitrogens is 3. The number of rotatable bonds is 2. The molecule has 28 heavy (non-hydrogen) atoms. The van der Waals surface area contributed by atoms with Gasteiger partial charge in [0.2, 0.25) is 0 Å². The van der Waals surface area contributed by atoms with Crippen molar-refractivity contribution in [2.75, 3.05) is 0 Å². The molecule has 2 aromatic carbocycles. The van der Waals surface area contributed by atoms with Crippen LogP contribution in [0.15, 0.2) is 63.5 Å². The Hall–Kier alpha value is -2.19. The zero-order valence-electron chi connectivity index (χ0n) is 14.4. The Balaban J connectivity index is 1.99. The SMILES string of the molecule is Cc1ccc(-c2nn3c(C(F)(F)F)cc(-c4ccc(Br)cc4)nc3c2Br)cc1. The van der Waals surface area contributed by atoms with E-state index in [2.05, 4.69) is 41.9 Å². The molecule has 3 nitrogen and oxygen atoms in total.